The maximum atomic E-state index is 12.6. The number of amides is 1. The van der Waals surface area contributed by atoms with Gasteiger partial charge >= 0.3 is 0 Å². The number of ether oxygens (including phenoxy) is 2. The van der Waals surface area contributed by atoms with Gasteiger partial charge in [0.25, 0.3) is 5.91 Å². The molecule has 1 atom stereocenters. The maximum Gasteiger partial charge on any atom is 0.255 e. The van der Waals surface area contributed by atoms with Crippen molar-refractivity contribution in [3.05, 3.63) is 60.2 Å². The number of carbonyl (C=O) groups excluding carboxylic acids is 1. The van der Waals surface area contributed by atoms with Crippen LogP contribution in [0.3, 0.4) is 0 Å². The van der Waals surface area contributed by atoms with E-state index in [9.17, 15) is 4.79 Å². The molecule has 0 radical (unpaired) electrons. The van der Waals surface area contributed by atoms with Gasteiger partial charge in [-0.15, -0.1) is 0 Å². The third-order valence-electron chi connectivity index (χ3n) is 4.97. The van der Waals surface area contributed by atoms with Crippen molar-refractivity contribution in [3.8, 4) is 5.75 Å². The average Bonchev–Trinajstić information content (AvgIpc) is 3.27. The summed E-state index contributed by atoms with van der Waals surface area (Å²) in [5.74, 6) is 0.528. The first-order valence-electron chi connectivity index (χ1n) is 10.2. The third kappa shape index (κ3) is 5.73. The van der Waals surface area contributed by atoms with Crippen molar-refractivity contribution in [2.45, 2.75) is 32.3 Å². The summed E-state index contributed by atoms with van der Waals surface area (Å²) in [6.07, 6.45) is 3.11. The first-order valence-corrected chi connectivity index (χ1v) is 10.2. The van der Waals surface area contributed by atoms with E-state index in [2.05, 4.69) is 29.3 Å². The van der Waals surface area contributed by atoms with Crippen LogP contribution in [0.4, 0.5) is 5.69 Å². The van der Waals surface area contributed by atoms with Crippen LogP contribution in [0.1, 0.15) is 36.5 Å². The molecule has 3 rings (SSSR count). The van der Waals surface area contributed by atoms with Crippen LogP contribution in [0.25, 0.3) is 0 Å². The molecule has 1 fully saturated rings. The normalized spacial score (nSPS) is 16.0. The molecule has 1 aliphatic rings. The lowest BCUT2D eigenvalue weighted by Crippen LogP contribution is -2.30. The highest BCUT2D eigenvalue weighted by atomic mass is 16.5. The molecule has 1 heterocycles. The first-order chi connectivity index (χ1) is 13.8. The first kappa shape index (κ1) is 20.2. The Bertz CT molecular complexity index is 730. The summed E-state index contributed by atoms with van der Waals surface area (Å²) in [5.41, 5.74) is 1.79. The minimum Gasteiger partial charge on any atom is -0.490 e. The molecule has 150 valence electrons. The summed E-state index contributed by atoms with van der Waals surface area (Å²) >= 11 is 0. The van der Waals surface area contributed by atoms with Gasteiger partial charge in [0.05, 0.1) is 11.7 Å². The Balaban J connectivity index is 1.46. The van der Waals surface area contributed by atoms with Gasteiger partial charge < -0.3 is 19.7 Å². The summed E-state index contributed by atoms with van der Waals surface area (Å²) < 4.78 is 11.5. The highest BCUT2D eigenvalue weighted by Gasteiger charge is 2.18. The average molecular weight is 383 g/mol. The molecule has 1 N–H and O–H groups in total. The molecule has 0 spiro atoms. The highest BCUT2D eigenvalue weighted by Crippen LogP contribution is 2.20. The van der Waals surface area contributed by atoms with Gasteiger partial charge in [-0.25, -0.2) is 0 Å². The van der Waals surface area contributed by atoms with E-state index in [1.165, 1.54) is 5.69 Å². The minimum absolute atomic E-state index is 0.0919. The largest absolute Gasteiger partial charge is 0.490 e. The number of hydrogen-bond acceptors (Lipinski definition) is 4. The fourth-order valence-corrected chi connectivity index (χ4v) is 3.41. The molecule has 2 aromatic carbocycles. The second-order valence-corrected chi connectivity index (χ2v) is 6.97. The number of nitrogens with zero attached hydrogens (tertiary/aromatic N) is 1. The highest BCUT2D eigenvalue weighted by molar-refractivity contribution is 5.96. The zero-order valence-electron chi connectivity index (χ0n) is 16.6. The van der Waals surface area contributed by atoms with E-state index in [0.717, 1.165) is 39.0 Å². The zero-order chi connectivity index (χ0) is 19.6. The minimum atomic E-state index is -0.0919. The summed E-state index contributed by atoms with van der Waals surface area (Å²) in [5, 5.41) is 3.02. The molecule has 5 nitrogen and oxygen atoms in total. The summed E-state index contributed by atoms with van der Waals surface area (Å²) in [4.78, 5) is 14.9. The van der Waals surface area contributed by atoms with Crippen molar-refractivity contribution in [2.24, 2.45) is 0 Å². The van der Waals surface area contributed by atoms with E-state index in [1.54, 1.807) is 0 Å². The fourth-order valence-electron chi connectivity index (χ4n) is 3.41. The lowest BCUT2D eigenvalue weighted by atomic mass is 10.2. The zero-order valence-corrected chi connectivity index (χ0v) is 16.6. The molecule has 2 aromatic rings. The third-order valence-corrected chi connectivity index (χ3v) is 4.97. The Morgan fingerprint density at radius 3 is 2.71 bits per heavy atom. The predicted octanol–water partition coefficient (Wildman–Crippen LogP) is 3.89. The van der Waals surface area contributed by atoms with E-state index in [4.69, 9.17) is 9.47 Å². The quantitative estimate of drug-likeness (QED) is 0.634. The van der Waals surface area contributed by atoms with Gasteiger partial charge in [-0.1, -0.05) is 30.3 Å². The van der Waals surface area contributed by atoms with Gasteiger partial charge in [-0.05, 0) is 50.5 Å². The number of rotatable bonds is 10. The number of carbonyl (C=O) groups is 1. The van der Waals surface area contributed by atoms with Crippen LogP contribution in [0.5, 0.6) is 5.75 Å². The van der Waals surface area contributed by atoms with Crippen molar-refractivity contribution in [3.63, 3.8) is 0 Å². The van der Waals surface area contributed by atoms with Gasteiger partial charge in [0, 0.05) is 31.9 Å². The Kier molecular flexibility index (Phi) is 7.73. The Morgan fingerprint density at radius 2 is 1.96 bits per heavy atom. The van der Waals surface area contributed by atoms with Crippen molar-refractivity contribution >= 4 is 11.6 Å². The van der Waals surface area contributed by atoms with Crippen molar-refractivity contribution in [2.75, 3.05) is 37.7 Å². The molecular weight excluding hydrogens is 352 g/mol. The Morgan fingerprint density at radius 1 is 1.18 bits per heavy atom. The topological polar surface area (TPSA) is 50.8 Å². The number of hydrogen-bond donors (Lipinski definition) is 1. The van der Waals surface area contributed by atoms with Gasteiger partial charge in [-0.3, -0.25) is 4.79 Å². The van der Waals surface area contributed by atoms with Gasteiger partial charge in [0.2, 0.25) is 0 Å². The van der Waals surface area contributed by atoms with Crippen molar-refractivity contribution < 1.29 is 14.3 Å². The fraction of sp³-hybridized carbons (Fsp3) is 0.435. The molecule has 28 heavy (non-hydrogen) atoms. The van der Waals surface area contributed by atoms with Crippen molar-refractivity contribution in [1.29, 1.82) is 0 Å². The molecule has 5 heteroatoms. The van der Waals surface area contributed by atoms with Gasteiger partial charge in [-0.2, -0.15) is 0 Å². The molecule has 1 amide bonds. The number of nitrogens with one attached hydrogen (secondary N) is 1. The van der Waals surface area contributed by atoms with Crippen molar-refractivity contribution in [1.82, 2.24) is 5.32 Å². The van der Waals surface area contributed by atoms with E-state index < -0.39 is 0 Å². The van der Waals surface area contributed by atoms with Gasteiger partial charge in [0.1, 0.15) is 12.4 Å². The SMILES string of the molecule is CCN(CCCNC(=O)c1ccccc1OCC1CCCO1)c1ccccc1. The lowest BCUT2D eigenvalue weighted by molar-refractivity contribution is 0.0670. The van der Waals surface area contributed by atoms with Crippen LogP contribution in [0, 0.1) is 0 Å². The molecule has 0 saturated carbocycles. The Hall–Kier alpha value is -2.53. The molecular formula is C23H30N2O3. The van der Waals surface area contributed by atoms with Crippen LogP contribution in [0.15, 0.2) is 54.6 Å². The molecule has 0 aliphatic carbocycles. The van der Waals surface area contributed by atoms with Crippen LogP contribution in [-0.4, -0.2) is 44.9 Å². The number of benzene rings is 2. The second-order valence-electron chi connectivity index (χ2n) is 6.97. The van der Waals surface area contributed by atoms with E-state index in [1.807, 2.05) is 42.5 Å². The molecule has 1 aliphatic heterocycles. The smallest absolute Gasteiger partial charge is 0.255 e. The number of anilines is 1. The second kappa shape index (κ2) is 10.7. The van der Waals surface area contributed by atoms with Crippen LogP contribution in [-0.2, 0) is 4.74 Å². The van der Waals surface area contributed by atoms with Gasteiger partial charge in [0.15, 0.2) is 0 Å². The molecule has 1 unspecified atom stereocenters. The summed E-state index contributed by atoms with van der Waals surface area (Å²) in [7, 11) is 0. The Labute approximate surface area is 167 Å². The van der Waals surface area contributed by atoms with E-state index >= 15 is 0 Å². The molecule has 1 saturated heterocycles. The molecule has 0 aromatic heterocycles. The van der Waals surface area contributed by atoms with Crippen LogP contribution >= 0.6 is 0 Å². The van der Waals surface area contributed by atoms with Crippen LogP contribution in [0.2, 0.25) is 0 Å². The summed E-state index contributed by atoms with van der Waals surface area (Å²) in [6, 6.07) is 17.8. The lowest BCUT2D eigenvalue weighted by Gasteiger charge is -2.23. The van der Waals surface area contributed by atoms with E-state index in [0.29, 0.717) is 24.5 Å². The predicted molar refractivity (Wildman–Crippen MR) is 112 cm³/mol. The standard InChI is InChI=1S/C23H30N2O3/c1-2-25(19-10-4-3-5-11-19)16-9-15-24-23(26)21-13-6-7-14-22(21)28-18-20-12-8-17-27-20/h3-7,10-11,13-14,20H,2,8-9,12,15-18H2,1H3,(H,24,26). The molecule has 0 bridgehead atoms. The number of para-hydroxylation sites is 2. The monoisotopic (exact) mass is 382 g/mol. The maximum absolute atomic E-state index is 12.6. The van der Waals surface area contributed by atoms with E-state index in [-0.39, 0.29) is 12.0 Å². The summed E-state index contributed by atoms with van der Waals surface area (Å²) in [6.45, 7) is 5.91. The van der Waals surface area contributed by atoms with Crippen LogP contribution < -0.4 is 15.0 Å².